The number of anilines is 1. The molecule has 2 aliphatic rings. The summed E-state index contributed by atoms with van der Waals surface area (Å²) in [4.78, 5) is 30.8. The number of ether oxygens (including phenoxy) is 2. The van der Waals surface area contributed by atoms with Crippen LogP contribution >= 0.6 is 0 Å². The average Bonchev–Trinajstić information content (AvgIpc) is 3.50. The SMILES string of the molecule is CCC(CCF)(NC(=O)c1ccc(N2CC(OC)C2)c(OCC2CC2)n1)C(=O)O. The highest BCUT2D eigenvalue weighted by Gasteiger charge is 2.39. The van der Waals surface area contributed by atoms with Crippen LogP contribution in [0.15, 0.2) is 12.1 Å². The molecular formula is C20H28FN3O5. The van der Waals surface area contributed by atoms with Crippen molar-refractivity contribution in [1.29, 1.82) is 0 Å². The molecule has 1 saturated heterocycles. The number of alkyl halides is 1. The van der Waals surface area contributed by atoms with Gasteiger partial charge in [-0.3, -0.25) is 9.18 Å². The van der Waals surface area contributed by atoms with E-state index < -0.39 is 24.1 Å². The number of hydrogen-bond acceptors (Lipinski definition) is 6. The topological polar surface area (TPSA) is 101 Å². The first-order valence-electron chi connectivity index (χ1n) is 9.96. The molecule has 1 aromatic rings. The van der Waals surface area contributed by atoms with E-state index in [4.69, 9.17) is 9.47 Å². The Morgan fingerprint density at radius 2 is 2.10 bits per heavy atom. The third-order valence-electron chi connectivity index (χ3n) is 5.63. The molecule has 1 aromatic heterocycles. The summed E-state index contributed by atoms with van der Waals surface area (Å²) in [5, 5.41) is 12.0. The molecule has 0 aromatic carbocycles. The molecule has 0 spiro atoms. The maximum atomic E-state index is 12.9. The molecule has 29 heavy (non-hydrogen) atoms. The first-order valence-corrected chi connectivity index (χ1v) is 9.96. The number of halogens is 1. The number of aromatic nitrogens is 1. The molecule has 2 heterocycles. The van der Waals surface area contributed by atoms with E-state index in [0.29, 0.717) is 31.5 Å². The molecule has 1 aliphatic heterocycles. The molecule has 0 bridgehead atoms. The lowest BCUT2D eigenvalue weighted by molar-refractivity contribution is -0.145. The van der Waals surface area contributed by atoms with Crippen molar-refractivity contribution in [2.24, 2.45) is 5.92 Å². The second kappa shape index (κ2) is 8.94. The van der Waals surface area contributed by atoms with Crippen LogP contribution in [0.2, 0.25) is 0 Å². The van der Waals surface area contributed by atoms with Crippen molar-refractivity contribution >= 4 is 17.6 Å². The van der Waals surface area contributed by atoms with Gasteiger partial charge in [0.25, 0.3) is 5.91 Å². The number of nitrogens with zero attached hydrogens (tertiary/aromatic N) is 2. The van der Waals surface area contributed by atoms with Crippen LogP contribution in [0.1, 0.15) is 43.1 Å². The van der Waals surface area contributed by atoms with Gasteiger partial charge in [-0.25, -0.2) is 9.78 Å². The van der Waals surface area contributed by atoms with Gasteiger partial charge in [-0.2, -0.15) is 0 Å². The van der Waals surface area contributed by atoms with Gasteiger partial charge in [-0.15, -0.1) is 0 Å². The van der Waals surface area contributed by atoms with E-state index in [9.17, 15) is 19.1 Å². The van der Waals surface area contributed by atoms with Crippen LogP contribution in [-0.4, -0.2) is 67.1 Å². The molecule has 2 N–H and O–H groups in total. The number of carboxylic acid groups (broad SMARTS) is 1. The Bertz CT molecular complexity index is 752. The van der Waals surface area contributed by atoms with Gasteiger partial charge in [0.15, 0.2) is 0 Å². The number of aliphatic carboxylic acids is 1. The monoisotopic (exact) mass is 409 g/mol. The molecule has 1 aliphatic carbocycles. The Morgan fingerprint density at radius 1 is 1.38 bits per heavy atom. The molecule has 1 saturated carbocycles. The Hall–Kier alpha value is -2.42. The van der Waals surface area contributed by atoms with E-state index in [1.54, 1.807) is 20.1 Å². The largest absolute Gasteiger partial charge is 0.480 e. The zero-order valence-electron chi connectivity index (χ0n) is 16.8. The molecular weight excluding hydrogens is 381 g/mol. The number of carbonyl (C=O) groups excluding carboxylic acids is 1. The van der Waals surface area contributed by atoms with Crippen LogP contribution in [0, 0.1) is 5.92 Å². The standard InChI is InChI=1S/C20H28FN3O5/c1-3-20(8-9-21,19(26)27)23-17(25)15-6-7-16(24-10-14(11-24)28-2)18(22-15)29-12-13-4-5-13/h6-7,13-14H,3-5,8-12H2,1-2H3,(H,23,25)(H,26,27). The summed E-state index contributed by atoms with van der Waals surface area (Å²) in [6, 6.07) is 3.28. The number of rotatable bonds is 11. The fraction of sp³-hybridized carbons (Fsp3) is 0.650. The van der Waals surface area contributed by atoms with Gasteiger partial charge in [0.2, 0.25) is 5.88 Å². The Labute approximate surface area is 169 Å². The van der Waals surface area contributed by atoms with Crippen molar-refractivity contribution in [3.8, 4) is 5.88 Å². The van der Waals surface area contributed by atoms with E-state index >= 15 is 0 Å². The van der Waals surface area contributed by atoms with Crippen molar-refractivity contribution in [2.45, 2.75) is 44.2 Å². The third-order valence-corrected chi connectivity index (χ3v) is 5.63. The number of carbonyl (C=O) groups is 2. The fourth-order valence-corrected chi connectivity index (χ4v) is 3.25. The van der Waals surface area contributed by atoms with E-state index in [2.05, 4.69) is 15.2 Å². The second-order valence-corrected chi connectivity index (χ2v) is 7.67. The first kappa shape index (κ1) is 21.3. The number of nitrogens with one attached hydrogen (secondary N) is 1. The van der Waals surface area contributed by atoms with Crippen LogP contribution in [0.5, 0.6) is 5.88 Å². The van der Waals surface area contributed by atoms with Gasteiger partial charge < -0.3 is 24.8 Å². The van der Waals surface area contributed by atoms with Crippen LogP contribution in [0.25, 0.3) is 0 Å². The molecule has 160 valence electrons. The minimum Gasteiger partial charge on any atom is -0.480 e. The lowest BCUT2D eigenvalue weighted by atomic mass is 9.92. The molecule has 2 fully saturated rings. The molecule has 3 rings (SSSR count). The minimum absolute atomic E-state index is 0.0429. The van der Waals surface area contributed by atoms with Gasteiger partial charge >= 0.3 is 5.97 Å². The minimum atomic E-state index is -1.66. The molecule has 1 atom stereocenters. The summed E-state index contributed by atoms with van der Waals surface area (Å²) < 4.78 is 24.1. The number of hydrogen-bond donors (Lipinski definition) is 2. The maximum Gasteiger partial charge on any atom is 0.329 e. The van der Waals surface area contributed by atoms with Crippen LogP contribution in [0.3, 0.4) is 0 Å². The maximum absolute atomic E-state index is 12.9. The Kier molecular flexibility index (Phi) is 6.56. The van der Waals surface area contributed by atoms with E-state index in [-0.39, 0.29) is 24.6 Å². The molecule has 9 heteroatoms. The second-order valence-electron chi connectivity index (χ2n) is 7.67. The van der Waals surface area contributed by atoms with Gasteiger partial charge in [0.1, 0.15) is 16.9 Å². The predicted molar refractivity (Wildman–Crippen MR) is 104 cm³/mol. The number of amides is 1. The summed E-state index contributed by atoms with van der Waals surface area (Å²) >= 11 is 0. The highest BCUT2D eigenvalue weighted by Crippen LogP contribution is 2.34. The van der Waals surface area contributed by atoms with Gasteiger partial charge in [-0.1, -0.05) is 6.92 Å². The fourth-order valence-electron chi connectivity index (χ4n) is 3.25. The Balaban J connectivity index is 1.79. The van der Waals surface area contributed by atoms with E-state index in [1.165, 1.54) is 6.07 Å². The van der Waals surface area contributed by atoms with Gasteiger partial charge in [0.05, 0.1) is 19.4 Å². The first-order chi connectivity index (χ1) is 13.9. The summed E-state index contributed by atoms with van der Waals surface area (Å²) in [7, 11) is 1.66. The van der Waals surface area contributed by atoms with Crippen molar-refractivity contribution in [3.63, 3.8) is 0 Å². The van der Waals surface area contributed by atoms with Crippen LogP contribution < -0.4 is 15.0 Å². The zero-order chi connectivity index (χ0) is 21.0. The third kappa shape index (κ3) is 4.77. The molecule has 0 radical (unpaired) electrons. The van der Waals surface area contributed by atoms with Crippen molar-refractivity contribution in [1.82, 2.24) is 10.3 Å². The lowest BCUT2D eigenvalue weighted by Crippen LogP contribution is -2.54. The Morgan fingerprint density at radius 3 is 2.66 bits per heavy atom. The van der Waals surface area contributed by atoms with Crippen molar-refractivity contribution in [3.05, 3.63) is 17.8 Å². The predicted octanol–water partition coefficient (Wildman–Crippen LogP) is 2.03. The smallest absolute Gasteiger partial charge is 0.329 e. The molecule has 1 unspecified atom stereocenters. The van der Waals surface area contributed by atoms with E-state index in [1.807, 2.05) is 0 Å². The van der Waals surface area contributed by atoms with E-state index in [0.717, 1.165) is 18.5 Å². The zero-order valence-corrected chi connectivity index (χ0v) is 16.8. The number of methoxy groups -OCH3 is 1. The highest BCUT2D eigenvalue weighted by atomic mass is 19.1. The van der Waals surface area contributed by atoms with Crippen LogP contribution in [0.4, 0.5) is 10.1 Å². The molecule has 8 nitrogen and oxygen atoms in total. The van der Waals surface area contributed by atoms with Gasteiger partial charge in [-0.05, 0) is 37.3 Å². The van der Waals surface area contributed by atoms with Crippen LogP contribution in [-0.2, 0) is 9.53 Å². The summed E-state index contributed by atoms with van der Waals surface area (Å²) in [6.07, 6.45) is 2.14. The quantitative estimate of drug-likeness (QED) is 0.577. The lowest BCUT2D eigenvalue weighted by Gasteiger charge is -2.40. The number of carboxylic acids is 1. The summed E-state index contributed by atoms with van der Waals surface area (Å²) in [6.45, 7) is 2.69. The van der Waals surface area contributed by atoms with Crippen molar-refractivity contribution in [2.75, 3.05) is 38.4 Å². The number of pyridine rings is 1. The summed E-state index contributed by atoms with van der Waals surface area (Å²) in [5.74, 6) is -1.07. The van der Waals surface area contributed by atoms with Crippen molar-refractivity contribution < 1.29 is 28.6 Å². The normalized spacial score (nSPS) is 18.7. The highest BCUT2D eigenvalue weighted by molar-refractivity contribution is 5.96. The van der Waals surface area contributed by atoms with Gasteiger partial charge in [0, 0.05) is 26.6 Å². The summed E-state index contributed by atoms with van der Waals surface area (Å²) in [5.41, 5.74) is -0.842. The molecule has 1 amide bonds. The average molecular weight is 409 g/mol.